The number of hydrogen-bond donors (Lipinski definition) is 1. The fourth-order valence-electron chi connectivity index (χ4n) is 2.03. The third kappa shape index (κ3) is 3.52. The van der Waals surface area contributed by atoms with Gasteiger partial charge in [-0.1, -0.05) is 19.1 Å². The van der Waals surface area contributed by atoms with Gasteiger partial charge in [0.2, 0.25) is 0 Å². The van der Waals surface area contributed by atoms with E-state index >= 15 is 0 Å². The number of hydrogen-bond acceptors (Lipinski definition) is 4. The van der Waals surface area contributed by atoms with Gasteiger partial charge in [0.1, 0.15) is 5.82 Å². The van der Waals surface area contributed by atoms with E-state index in [1.54, 1.807) is 22.9 Å². The third-order valence-electron chi connectivity index (χ3n) is 2.90. The number of nitrogens with one attached hydrogen (secondary N) is 1. The molecule has 0 saturated carbocycles. The molecule has 2 aromatic rings. The van der Waals surface area contributed by atoms with E-state index in [4.69, 9.17) is 0 Å². The molecular formula is C14H18FN3S. The standard InChI is InChI=1S/C14H18FN3S/c1-3-16-7-11-5-4-6-13(15)14(11)18(2)8-12-9-19-10-17-12/h4-6,9-10,16H,3,7-8H2,1-2H3. The number of para-hydroxylation sites is 1. The van der Waals surface area contributed by atoms with Gasteiger partial charge in [-0.3, -0.25) is 0 Å². The molecule has 102 valence electrons. The molecule has 19 heavy (non-hydrogen) atoms. The van der Waals surface area contributed by atoms with Crippen LogP contribution < -0.4 is 10.2 Å². The minimum atomic E-state index is -0.187. The summed E-state index contributed by atoms with van der Waals surface area (Å²) in [5.74, 6) is -0.187. The molecule has 2 rings (SSSR count). The van der Waals surface area contributed by atoms with E-state index in [0.717, 1.165) is 17.8 Å². The van der Waals surface area contributed by atoms with Crippen molar-refractivity contribution in [3.05, 3.63) is 46.2 Å². The number of rotatable bonds is 6. The fraction of sp³-hybridized carbons (Fsp3) is 0.357. The van der Waals surface area contributed by atoms with Gasteiger partial charge in [0.15, 0.2) is 0 Å². The van der Waals surface area contributed by atoms with Crippen LogP contribution in [0, 0.1) is 5.82 Å². The lowest BCUT2D eigenvalue weighted by atomic mass is 10.1. The number of thiazole rings is 1. The number of halogens is 1. The number of benzene rings is 1. The molecule has 0 fully saturated rings. The lowest BCUT2D eigenvalue weighted by Crippen LogP contribution is -2.22. The van der Waals surface area contributed by atoms with E-state index in [-0.39, 0.29) is 5.82 Å². The van der Waals surface area contributed by atoms with E-state index in [9.17, 15) is 4.39 Å². The number of aromatic nitrogens is 1. The Balaban J connectivity index is 2.21. The Morgan fingerprint density at radius 1 is 1.42 bits per heavy atom. The molecule has 0 amide bonds. The Morgan fingerprint density at radius 3 is 2.95 bits per heavy atom. The van der Waals surface area contributed by atoms with Crippen LogP contribution in [0.25, 0.3) is 0 Å². The van der Waals surface area contributed by atoms with Crippen molar-refractivity contribution in [3.8, 4) is 0 Å². The number of nitrogens with zero attached hydrogens (tertiary/aromatic N) is 2. The Kier molecular flexibility index (Phi) is 4.87. The Labute approximate surface area is 117 Å². The quantitative estimate of drug-likeness (QED) is 0.881. The number of anilines is 1. The maximum absolute atomic E-state index is 14.1. The van der Waals surface area contributed by atoms with Crippen molar-refractivity contribution in [2.24, 2.45) is 0 Å². The lowest BCUT2D eigenvalue weighted by molar-refractivity contribution is 0.615. The molecule has 0 spiro atoms. The van der Waals surface area contributed by atoms with Crippen molar-refractivity contribution in [3.63, 3.8) is 0 Å². The van der Waals surface area contributed by atoms with Gasteiger partial charge in [-0.05, 0) is 18.2 Å². The first-order valence-corrected chi connectivity index (χ1v) is 7.23. The van der Waals surface area contributed by atoms with E-state index in [0.29, 0.717) is 18.8 Å². The molecule has 5 heteroatoms. The summed E-state index contributed by atoms with van der Waals surface area (Å²) < 4.78 is 14.1. The minimum Gasteiger partial charge on any atom is -0.366 e. The van der Waals surface area contributed by atoms with Crippen LogP contribution in [0.2, 0.25) is 0 Å². The molecule has 1 N–H and O–H groups in total. The smallest absolute Gasteiger partial charge is 0.146 e. The van der Waals surface area contributed by atoms with Crippen LogP contribution in [0.15, 0.2) is 29.1 Å². The SMILES string of the molecule is CCNCc1cccc(F)c1N(C)Cc1cscn1. The molecule has 0 unspecified atom stereocenters. The van der Waals surface area contributed by atoms with Gasteiger partial charge in [0.05, 0.1) is 23.4 Å². The van der Waals surface area contributed by atoms with Gasteiger partial charge >= 0.3 is 0 Å². The van der Waals surface area contributed by atoms with Crippen LogP contribution in [-0.2, 0) is 13.1 Å². The summed E-state index contributed by atoms with van der Waals surface area (Å²) in [6.07, 6.45) is 0. The van der Waals surface area contributed by atoms with E-state index in [1.807, 2.05) is 30.3 Å². The lowest BCUT2D eigenvalue weighted by Gasteiger charge is -2.22. The second-order valence-electron chi connectivity index (χ2n) is 4.36. The maximum Gasteiger partial charge on any atom is 0.146 e. The van der Waals surface area contributed by atoms with E-state index in [2.05, 4.69) is 10.3 Å². The highest BCUT2D eigenvalue weighted by Crippen LogP contribution is 2.25. The second kappa shape index (κ2) is 6.63. The zero-order valence-corrected chi connectivity index (χ0v) is 12.0. The molecule has 0 radical (unpaired) electrons. The van der Waals surface area contributed by atoms with Gasteiger partial charge in [-0.2, -0.15) is 0 Å². The van der Waals surface area contributed by atoms with Gasteiger partial charge in [0, 0.05) is 19.0 Å². The highest BCUT2D eigenvalue weighted by Gasteiger charge is 2.13. The molecule has 1 heterocycles. The van der Waals surface area contributed by atoms with Crippen LogP contribution in [-0.4, -0.2) is 18.6 Å². The van der Waals surface area contributed by atoms with Crippen molar-refractivity contribution in [2.75, 3.05) is 18.5 Å². The van der Waals surface area contributed by atoms with Gasteiger partial charge in [-0.15, -0.1) is 11.3 Å². The maximum atomic E-state index is 14.1. The van der Waals surface area contributed by atoms with E-state index < -0.39 is 0 Å². The third-order valence-corrected chi connectivity index (χ3v) is 3.54. The van der Waals surface area contributed by atoms with E-state index in [1.165, 1.54) is 6.07 Å². The first-order chi connectivity index (χ1) is 9.22. The van der Waals surface area contributed by atoms with Crippen LogP contribution in [0.1, 0.15) is 18.2 Å². The minimum absolute atomic E-state index is 0.187. The van der Waals surface area contributed by atoms with Gasteiger partial charge in [-0.25, -0.2) is 9.37 Å². The normalized spacial score (nSPS) is 10.7. The van der Waals surface area contributed by atoms with Crippen molar-refractivity contribution in [2.45, 2.75) is 20.0 Å². The average Bonchev–Trinajstić information content (AvgIpc) is 2.89. The van der Waals surface area contributed by atoms with Gasteiger partial charge in [0.25, 0.3) is 0 Å². The molecule has 0 aliphatic carbocycles. The molecule has 1 aromatic carbocycles. The first-order valence-electron chi connectivity index (χ1n) is 6.28. The Hall–Kier alpha value is -1.46. The van der Waals surface area contributed by atoms with Crippen molar-refractivity contribution in [1.82, 2.24) is 10.3 Å². The van der Waals surface area contributed by atoms with Crippen molar-refractivity contribution < 1.29 is 4.39 Å². The molecule has 0 aliphatic rings. The largest absolute Gasteiger partial charge is 0.366 e. The summed E-state index contributed by atoms with van der Waals surface area (Å²) in [6, 6.07) is 5.21. The summed E-state index contributed by atoms with van der Waals surface area (Å²) >= 11 is 1.56. The van der Waals surface area contributed by atoms with Crippen LogP contribution >= 0.6 is 11.3 Å². The average molecular weight is 279 g/mol. The molecule has 0 bridgehead atoms. The summed E-state index contributed by atoms with van der Waals surface area (Å²) in [6.45, 7) is 4.19. The van der Waals surface area contributed by atoms with Crippen molar-refractivity contribution >= 4 is 17.0 Å². The fourth-order valence-corrected chi connectivity index (χ4v) is 2.58. The monoisotopic (exact) mass is 279 g/mol. The Morgan fingerprint density at radius 2 is 2.26 bits per heavy atom. The van der Waals surface area contributed by atoms with Gasteiger partial charge < -0.3 is 10.2 Å². The molecule has 1 aromatic heterocycles. The van der Waals surface area contributed by atoms with Crippen LogP contribution in [0.4, 0.5) is 10.1 Å². The summed E-state index contributed by atoms with van der Waals surface area (Å²) in [4.78, 5) is 6.16. The summed E-state index contributed by atoms with van der Waals surface area (Å²) in [5.41, 5.74) is 4.38. The zero-order valence-electron chi connectivity index (χ0n) is 11.2. The molecule has 0 atom stereocenters. The highest BCUT2D eigenvalue weighted by atomic mass is 32.1. The van der Waals surface area contributed by atoms with Crippen LogP contribution in [0.5, 0.6) is 0 Å². The molecule has 0 aliphatic heterocycles. The summed E-state index contributed by atoms with van der Waals surface area (Å²) in [5, 5.41) is 5.23. The predicted molar refractivity (Wildman–Crippen MR) is 78.0 cm³/mol. The molecule has 0 saturated heterocycles. The molecular weight excluding hydrogens is 261 g/mol. The Bertz CT molecular complexity index is 513. The topological polar surface area (TPSA) is 28.2 Å². The highest BCUT2D eigenvalue weighted by molar-refractivity contribution is 7.07. The summed E-state index contributed by atoms with van der Waals surface area (Å²) in [7, 11) is 1.90. The van der Waals surface area contributed by atoms with Crippen molar-refractivity contribution in [1.29, 1.82) is 0 Å². The second-order valence-corrected chi connectivity index (χ2v) is 5.08. The first kappa shape index (κ1) is 14.0. The molecule has 3 nitrogen and oxygen atoms in total. The predicted octanol–water partition coefficient (Wildman–Crippen LogP) is 3.03. The zero-order chi connectivity index (χ0) is 13.7. The van der Waals surface area contributed by atoms with Crippen LogP contribution in [0.3, 0.4) is 0 Å².